The molecule has 0 saturated heterocycles. The Bertz CT molecular complexity index is 403. The van der Waals surface area contributed by atoms with Crippen LogP contribution in [0, 0.1) is 12.8 Å². The Labute approximate surface area is 116 Å². The van der Waals surface area contributed by atoms with E-state index in [2.05, 4.69) is 32.0 Å². The lowest BCUT2D eigenvalue weighted by molar-refractivity contribution is -0.130. The van der Waals surface area contributed by atoms with Gasteiger partial charge >= 0.3 is 0 Å². The predicted octanol–water partition coefficient (Wildman–Crippen LogP) is 2.72. The highest BCUT2D eigenvalue weighted by Gasteiger charge is 2.11. The number of rotatable bonds is 7. The molecule has 1 atom stereocenters. The minimum absolute atomic E-state index is 0.213. The molecular formula is C16H26N2O. The highest BCUT2D eigenvalue weighted by molar-refractivity contribution is 5.75. The first-order valence-electron chi connectivity index (χ1n) is 7.02. The third kappa shape index (κ3) is 5.88. The van der Waals surface area contributed by atoms with E-state index in [9.17, 15) is 4.79 Å². The molecule has 19 heavy (non-hydrogen) atoms. The van der Waals surface area contributed by atoms with E-state index < -0.39 is 0 Å². The van der Waals surface area contributed by atoms with Gasteiger partial charge in [0, 0.05) is 20.0 Å². The highest BCUT2D eigenvalue weighted by Crippen LogP contribution is 2.12. The topological polar surface area (TPSA) is 46.3 Å². The second-order valence-corrected chi connectivity index (χ2v) is 5.46. The first-order valence-corrected chi connectivity index (χ1v) is 7.02. The third-order valence-electron chi connectivity index (χ3n) is 3.44. The van der Waals surface area contributed by atoms with Crippen LogP contribution in [0.25, 0.3) is 0 Å². The van der Waals surface area contributed by atoms with Gasteiger partial charge in [0.05, 0.1) is 0 Å². The number of nitrogens with zero attached hydrogens (tertiary/aromatic N) is 1. The van der Waals surface area contributed by atoms with Crippen molar-refractivity contribution in [2.45, 2.75) is 39.7 Å². The van der Waals surface area contributed by atoms with Gasteiger partial charge in [-0.05, 0) is 37.8 Å². The molecule has 0 aliphatic rings. The third-order valence-corrected chi connectivity index (χ3v) is 3.44. The normalized spacial score (nSPS) is 12.2. The molecule has 3 nitrogen and oxygen atoms in total. The Balaban J connectivity index is 2.40. The van der Waals surface area contributed by atoms with Crippen molar-refractivity contribution >= 4 is 5.91 Å². The van der Waals surface area contributed by atoms with Crippen molar-refractivity contribution < 1.29 is 4.79 Å². The standard InChI is InChI=1S/C16H26N2O/c1-13(9-10-17)7-8-16(19)18(3)12-15-6-4-5-14(2)11-15/h4-6,11,13H,7-10,12,17H2,1-3H3. The van der Waals surface area contributed by atoms with E-state index >= 15 is 0 Å². The van der Waals surface area contributed by atoms with Crippen LogP contribution in [0.3, 0.4) is 0 Å². The molecule has 106 valence electrons. The monoisotopic (exact) mass is 262 g/mol. The molecule has 1 aromatic carbocycles. The van der Waals surface area contributed by atoms with Crippen LogP contribution in [0.5, 0.6) is 0 Å². The molecule has 0 aromatic heterocycles. The average molecular weight is 262 g/mol. The summed E-state index contributed by atoms with van der Waals surface area (Å²) in [5.74, 6) is 0.742. The summed E-state index contributed by atoms with van der Waals surface area (Å²) in [7, 11) is 1.87. The highest BCUT2D eigenvalue weighted by atomic mass is 16.2. The molecule has 0 bridgehead atoms. The summed E-state index contributed by atoms with van der Waals surface area (Å²) in [6.07, 6.45) is 2.53. The fraction of sp³-hybridized carbons (Fsp3) is 0.562. The van der Waals surface area contributed by atoms with E-state index in [1.807, 2.05) is 18.0 Å². The Morgan fingerprint density at radius 2 is 2.11 bits per heavy atom. The molecule has 1 amide bonds. The predicted molar refractivity (Wildman–Crippen MR) is 79.7 cm³/mol. The first kappa shape index (κ1) is 15.7. The number of nitrogens with two attached hydrogens (primary N) is 1. The summed E-state index contributed by atoms with van der Waals surface area (Å²) in [5, 5.41) is 0. The summed E-state index contributed by atoms with van der Waals surface area (Å²) >= 11 is 0. The molecule has 0 saturated carbocycles. The molecule has 0 aliphatic carbocycles. The molecule has 1 aromatic rings. The molecular weight excluding hydrogens is 236 g/mol. The number of benzene rings is 1. The summed E-state index contributed by atoms with van der Waals surface area (Å²) in [5.41, 5.74) is 7.93. The van der Waals surface area contributed by atoms with Crippen molar-refractivity contribution in [2.75, 3.05) is 13.6 Å². The lowest BCUT2D eigenvalue weighted by Crippen LogP contribution is -2.26. The second-order valence-electron chi connectivity index (χ2n) is 5.46. The zero-order chi connectivity index (χ0) is 14.3. The van der Waals surface area contributed by atoms with E-state index in [1.54, 1.807) is 0 Å². The quantitative estimate of drug-likeness (QED) is 0.821. The lowest BCUT2D eigenvalue weighted by Gasteiger charge is -2.18. The van der Waals surface area contributed by atoms with Crippen LogP contribution in [0.4, 0.5) is 0 Å². The summed E-state index contributed by atoms with van der Waals surface area (Å²) in [4.78, 5) is 13.8. The maximum Gasteiger partial charge on any atom is 0.222 e. The van der Waals surface area contributed by atoms with E-state index in [0.717, 1.165) is 12.8 Å². The van der Waals surface area contributed by atoms with Crippen LogP contribution in [-0.2, 0) is 11.3 Å². The maximum absolute atomic E-state index is 12.0. The first-order chi connectivity index (χ1) is 9.02. The molecule has 0 heterocycles. The van der Waals surface area contributed by atoms with E-state index in [1.165, 1.54) is 11.1 Å². The van der Waals surface area contributed by atoms with Crippen LogP contribution in [0.2, 0.25) is 0 Å². The lowest BCUT2D eigenvalue weighted by atomic mass is 10.0. The smallest absolute Gasteiger partial charge is 0.222 e. The average Bonchev–Trinajstić information content (AvgIpc) is 2.36. The van der Waals surface area contributed by atoms with Crippen LogP contribution >= 0.6 is 0 Å². The number of aryl methyl sites for hydroxylation is 1. The Kier molecular flexibility index (Phi) is 6.57. The van der Waals surface area contributed by atoms with E-state index in [-0.39, 0.29) is 5.91 Å². The Morgan fingerprint density at radius 3 is 2.74 bits per heavy atom. The molecule has 2 N–H and O–H groups in total. The fourth-order valence-electron chi connectivity index (χ4n) is 2.16. The van der Waals surface area contributed by atoms with Crippen molar-refractivity contribution in [3.63, 3.8) is 0 Å². The summed E-state index contributed by atoms with van der Waals surface area (Å²) < 4.78 is 0. The fourth-order valence-corrected chi connectivity index (χ4v) is 2.16. The van der Waals surface area contributed by atoms with Crippen molar-refractivity contribution in [3.8, 4) is 0 Å². The molecule has 1 unspecified atom stereocenters. The van der Waals surface area contributed by atoms with Gasteiger partial charge in [-0.1, -0.05) is 36.8 Å². The van der Waals surface area contributed by atoms with Gasteiger partial charge in [-0.25, -0.2) is 0 Å². The van der Waals surface area contributed by atoms with Gasteiger partial charge in [0.15, 0.2) is 0 Å². The molecule has 3 heteroatoms. The number of hydrogen-bond donors (Lipinski definition) is 1. The summed E-state index contributed by atoms with van der Waals surface area (Å²) in [6, 6.07) is 8.29. The van der Waals surface area contributed by atoms with E-state index in [4.69, 9.17) is 5.73 Å². The molecule has 1 rings (SSSR count). The second kappa shape index (κ2) is 7.95. The van der Waals surface area contributed by atoms with E-state index in [0.29, 0.717) is 25.4 Å². The molecule has 0 spiro atoms. The van der Waals surface area contributed by atoms with Gasteiger partial charge in [-0.2, -0.15) is 0 Å². The van der Waals surface area contributed by atoms with Crippen LogP contribution < -0.4 is 5.73 Å². The number of carbonyl (C=O) groups is 1. The van der Waals surface area contributed by atoms with Crippen molar-refractivity contribution in [1.82, 2.24) is 4.90 Å². The molecule has 0 radical (unpaired) electrons. The number of amides is 1. The zero-order valence-corrected chi connectivity index (χ0v) is 12.4. The van der Waals surface area contributed by atoms with Gasteiger partial charge in [-0.15, -0.1) is 0 Å². The SMILES string of the molecule is Cc1cccc(CN(C)C(=O)CCC(C)CCN)c1. The molecule has 0 fully saturated rings. The van der Waals surface area contributed by atoms with Crippen LogP contribution in [0.15, 0.2) is 24.3 Å². The maximum atomic E-state index is 12.0. The van der Waals surface area contributed by atoms with Crippen molar-refractivity contribution in [3.05, 3.63) is 35.4 Å². The van der Waals surface area contributed by atoms with Crippen LogP contribution in [-0.4, -0.2) is 24.4 Å². The Hall–Kier alpha value is -1.35. The van der Waals surface area contributed by atoms with Gasteiger partial charge < -0.3 is 10.6 Å². The van der Waals surface area contributed by atoms with Crippen LogP contribution in [0.1, 0.15) is 37.3 Å². The number of carbonyl (C=O) groups excluding carboxylic acids is 1. The minimum Gasteiger partial charge on any atom is -0.341 e. The number of hydrogen-bond acceptors (Lipinski definition) is 2. The van der Waals surface area contributed by atoms with Gasteiger partial charge in [0.1, 0.15) is 0 Å². The molecule has 0 aliphatic heterocycles. The zero-order valence-electron chi connectivity index (χ0n) is 12.4. The van der Waals surface area contributed by atoms with Crippen molar-refractivity contribution in [2.24, 2.45) is 11.7 Å². The summed E-state index contributed by atoms with van der Waals surface area (Å²) in [6.45, 7) is 5.61. The largest absolute Gasteiger partial charge is 0.341 e. The van der Waals surface area contributed by atoms with Gasteiger partial charge in [-0.3, -0.25) is 4.79 Å². The van der Waals surface area contributed by atoms with Crippen molar-refractivity contribution in [1.29, 1.82) is 0 Å². The van der Waals surface area contributed by atoms with Gasteiger partial charge in [0.2, 0.25) is 5.91 Å². The minimum atomic E-state index is 0.213. The van der Waals surface area contributed by atoms with Gasteiger partial charge in [0.25, 0.3) is 0 Å². The Morgan fingerprint density at radius 1 is 1.37 bits per heavy atom.